The molecule has 1 aromatic carbocycles. The Kier molecular flexibility index (Phi) is 3.25. The summed E-state index contributed by atoms with van der Waals surface area (Å²) >= 11 is 0. The molecular weight excluding hydrogens is 246 g/mol. The van der Waals surface area contributed by atoms with Crippen LogP contribution in [0.15, 0.2) is 6.07 Å². The second-order valence-electron chi connectivity index (χ2n) is 3.19. The zero-order valence-corrected chi connectivity index (χ0v) is 8.76. The zero-order chi connectivity index (χ0) is 13.4. The molecule has 1 rings (SSSR count). The lowest BCUT2D eigenvalue weighted by molar-refractivity contribution is -0.388. The standard InChI is InChI=1S/C9H7F4NO3/c1-4-3-5(17-2)6(9(11,12)13)7(10)8(4)14(15)16/h3H,1-2H3. The lowest BCUT2D eigenvalue weighted by Gasteiger charge is -2.13. The summed E-state index contributed by atoms with van der Waals surface area (Å²) in [6.45, 7) is 1.13. The van der Waals surface area contributed by atoms with Crippen molar-refractivity contribution in [2.75, 3.05) is 7.11 Å². The third kappa shape index (κ3) is 2.29. The first-order valence-corrected chi connectivity index (χ1v) is 4.28. The molecule has 0 unspecified atom stereocenters. The minimum absolute atomic E-state index is 0.239. The van der Waals surface area contributed by atoms with E-state index in [1.165, 1.54) is 0 Å². The molecule has 0 aliphatic rings. The van der Waals surface area contributed by atoms with Crippen LogP contribution in [-0.4, -0.2) is 12.0 Å². The Morgan fingerprint density at radius 1 is 1.41 bits per heavy atom. The van der Waals surface area contributed by atoms with Gasteiger partial charge in [-0.05, 0) is 13.0 Å². The Hall–Kier alpha value is -1.86. The molecule has 4 nitrogen and oxygen atoms in total. The fourth-order valence-electron chi connectivity index (χ4n) is 1.39. The molecule has 0 fully saturated rings. The number of hydrogen-bond donors (Lipinski definition) is 0. The molecule has 0 atom stereocenters. The van der Waals surface area contributed by atoms with Crippen molar-refractivity contribution >= 4 is 5.69 Å². The number of ether oxygens (including phenoxy) is 1. The molecule has 0 heterocycles. The third-order valence-electron chi connectivity index (χ3n) is 2.08. The Morgan fingerprint density at radius 2 is 1.94 bits per heavy atom. The topological polar surface area (TPSA) is 52.4 Å². The number of benzene rings is 1. The van der Waals surface area contributed by atoms with Gasteiger partial charge in [0.15, 0.2) is 0 Å². The number of nitro benzene ring substituents is 1. The van der Waals surface area contributed by atoms with Crippen LogP contribution in [0.5, 0.6) is 5.75 Å². The van der Waals surface area contributed by atoms with Gasteiger partial charge in [0.1, 0.15) is 11.3 Å². The summed E-state index contributed by atoms with van der Waals surface area (Å²) in [5.74, 6) is -2.71. The zero-order valence-electron chi connectivity index (χ0n) is 8.76. The molecule has 0 spiro atoms. The van der Waals surface area contributed by atoms with Gasteiger partial charge in [0, 0.05) is 5.56 Å². The number of alkyl halides is 3. The van der Waals surface area contributed by atoms with Crippen LogP contribution < -0.4 is 4.74 Å². The van der Waals surface area contributed by atoms with Crippen molar-refractivity contribution in [3.63, 3.8) is 0 Å². The maximum atomic E-state index is 13.5. The Bertz CT molecular complexity index is 470. The summed E-state index contributed by atoms with van der Waals surface area (Å²) in [7, 11) is 0.926. The minimum atomic E-state index is -5.06. The Labute approximate surface area is 93.0 Å². The molecular formula is C9H7F4NO3. The summed E-state index contributed by atoms with van der Waals surface area (Å²) in [6, 6.07) is 0.782. The highest BCUT2D eigenvalue weighted by atomic mass is 19.4. The van der Waals surface area contributed by atoms with E-state index in [2.05, 4.69) is 4.74 Å². The minimum Gasteiger partial charge on any atom is -0.496 e. The quantitative estimate of drug-likeness (QED) is 0.462. The average Bonchev–Trinajstić information content (AvgIpc) is 2.13. The number of nitro groups is 1. The number of nitrogens with zero attached hydrogens (tertiary/aromatic N) is 1. The van der Waals surface area contributed by atoms with Gasteiger partial charge in [0.25, 0.3) is 0 Å². The molecule has 0 N–H and O–H groups in total. The number of halogens is 4. The second-order valence-corrected chi connectivity index (χ2v) is 3.19. The maximum Gasteiger partial charge on any atom is 0.423 e. The van der Waals surface area contributed by atoms with Crippen molar-refractivity contribution in [3.05, 3.63) is 33.1 Å². The first-order valence-electron chi connectivity index (χ1n) is 4.28. The van der Waals surface area contributed by atoms with E-state index in [-0.39, 0.29) is 5.56 Å². The molecule has 94 valence electrons. The van der Waals surface area contributed by atoms with Crippen LogP contribution in [0.2, 0.25) is 0 Å². The summed E-state index contributed by atoms with van der Waals surface area (Å²) in [4.78, 5) is 9.28. The van der Waals surface area contributed by atoms with Gasteiger partial charge in [-0.25, -0.2) is 0 Å². The summed E-state index contributed by atoms with van der Waals surface area (Å²) < 4.78 is 55.5. The van der Waals surface area contributed by atoms with Crippen molar-refractivity contribution in [1.82, 2.24) is 0 Å². The Morgan fingerprint density at radius 3 is 2.29 bits per heavy atom. The molecule has 0 saturated carbocycles. The van der Waals surface area contributed by atoms with Gasteiger partial charge in [0.05, 0.1) is 12.0 Å². The fraction of sp³-hybridized carbons (Fsp3) is 0.333. The summed E-state index contributed by atoms with van der Waals surface area (Å²) in [5.41, 5.74) is -3.20. The first-order chi connectivity index (χ1) is 7.70. The SMILES string of the molecule is COc1cc(C)c([N+](=O)[O-])c(F)c1C(F)(F)F. The van der Waals surface area contributed by atoms with E-state index in [4.69, 9.17) is 0 Å². The highest BCUT2D eigenvalue weighted by Gasteiger charge is 2.42. The van der Waals surface area contributed by atoms with Crippen LogP contribution in [0.25, 0.3) is 0 Å². The molecule has 8 heteroatoms. The smallest absolute Gasteiger partial charge is 0.423 e. The molecule has 0 saturated heterocycles. The highest BCUT2D eigenvalue weighted by Crippen LogP contribution is 2.42. The molecule has 0 bridgehead atoms. The van der Waals surface area contributed by atoms with E-state index >= 15 is 0 Å². The van der Waals surface area contributed by atoms with Crippen LogP contribution in [0, 0.1) is 22.9 Å². The van der Waals surface area contributed by atoms with E-state index in [0.717, 1.165) is 20.1 Å². The average molecular weight is 253 g/mol. The first kappa shape index (κ1) is 13.2. The molecule has 0 amide bonds. The van der Waals surface area contributed by atoms with Crippen molar-refractivity contribution in [2.45, 2.75) is 13.1 Å². The predicted octanol–water partition coefficient (Wildman–Crippen LogP) is 3.07. The van der Waals surface area contributed by atoms with E-state index < -0.39 is 33.9 Å². The van der Waals surface area contributed by atoms with Crippen molar-refractivity contribution < 1.29 is 27.2 Å². The molecule has 0 aliphatic carbocycles. The monoisotopic (exact) mass is 253 g/mol. The van der Waals surface area contributed by atoms with E-state index in [1.54, 1.807) is 0 Å². The van der Waals surface area contributed by atoms with E-state index in [1.807, 2.05) is 0 Å². The van der Waals surface area contributed by atoms with Gasteiger partial charge in [-0.3, -0.25) is 10.1 Å². The van der Waals surface area contributed by atoms with E-state index in [0.29, 0.717) is 0 Å². The van der Waals surface area contributed by atoms with Gasteiger partial charge in [0.2, 0.25) is 5.82 Å². The summed E-state index contributed by atoms with van der Waals surface area (Å²) in [5, 5.41) is 10.5. The molecule has 0 aliphatic heterocycles. The summed E-state index contributed by atoms with van der Waals surface area (Å²) in [6.07, 6.45) is -5.06. The molecule has 0 aromatic heterocycles. The Balaban J connectivity index is 3.68. The number of aryl methyl sites for hydroxylation is 1. The number of rotatable bonds is 2. The number of hydrogen-bond acceptors (Lipinski definition) is 3. The van der Waals surface area contributed by atoms with Gasteiger partial charge in [-0.15, -0.1) is 0 Å². The largest absolute Gasteiger partial charge is 0.496 e. The lowest BCUT2D eigenvalue weighted by atomic mass is 10.1. The van der Waals surface area contributed by atoms with Crippen LogP contribution in [0.1, 0.15) is 11.1 Å². The highest BCUT2D eigenvalue weighted by molar-refractivity contribution is 5.52. The predicted molar refractivity (Wildman–Crippen MR) is 49.3 cm³/mol. The lowest BCUT2D eigenvalue weighted by Crippen LogP contribution is -2.13. The van der Waals surface area contributed by atoms with Gasteiger partial charge < -0.3 is 4.74 Å². The van der Waals surface area contributed by atoms with Crippen molar-refractivity contribution in [3.8, 4) is 5.75 Å². The van der Waals surface area contributed by atoms with Crippen LogP contribution in [-0.2, 0) is 6.18 Å². The van der Waals surface area contributed by atoms with Gasteiger partial charge in [-0.2, -0.15) is 17.6 Å². The number of methoxy groups -OCH3 is 1. The molecule has 1 aromatic rings. The van der Waals surface area contributed by atoms with Crippen molar-refractivity contribution in [2.24, 2.45) is 0 Å². The van der Waals surface area contributed by atoms with Crippen LogP contribution in [0.3, 0.4) is 0 Å². The second kappa shape index (κ2) is 4.19. The maximum absolute atomic E-state index is 13.5. The molecule has 17 heavy (non-hydrogen) atoms. The van der Waals surface area contributed by atoms with Gasteiger partial charge >= 0.3 is 11.9 Å². The van der Waals surface area contributed by atoms with Gasteiger partial charge in [-0.1, -0.05) is 0 Å². The van der Waals surface area contributed by atoms with Crippen LogP contribution >= 0.6 is 0 Å². The fourth-order valence-corrected chi connectivity index (χ4v) is 1.39. The van der Waals surface area contributed by atoms with Crippen molar-refractivity contribution in [1.29, 1.82) is 0 Å². The van der Waals surface area contributed by atoms with E-state index in [9.17, 15) is 27.7 Å². The van der Waals surface area contributed by atoms with Crippen LogP contribution in [0.4, 0.5) is 23.2 Å². The normalized spacial score (nSPS) is 11.4. The third-order valence-corrected chi connectivity index (χ3v) is 2.08. The molecule has 0 radical (unpaired) electrons.